The lowest BCUT2D eigenvalue weighted by atomic mass is 9.95. The number of carbonyl (C=O) groups excluding carboxylic acids is 1. The van der Waals surface area contributed by atoms with Crippen molar-refractivity contribution in [2.45, 2.75) is 26.3 Å². The van der Waals surface area contributed by atoms with E-state index in [4.69, 9.17) is 5.11 Å². The Morgan fingerprint density at radius 1 is 1.13 bits per heavy atom. The van der Waals surface area contributed by atoms with Crippen LogP contribution in [0.25, 0.3) is 0 Å². The van der Waals surface area contributed by atoms with Gasteiger partial charge < -0.3 is 10.0 Å². The maximum Gasteiger partial charge on any atom is 0.335 e. The van der Waals surface area contributed by atoms with Crippen molar-refractivity contribution in [3.05, 3.63) is 70.3 Å². The third kappa shape index (κ3) is 3.11. The summed E-state index contributed by atoms with van der Waals surface area (Å²) in [5.41, 5.74) is 4.29. The van der Waals surface area contributed by atoms with E-state index >= 15 is 0 Å². The van der Waals surface area contributed by atoms with Crippen LogP contribution in [0.5, 0.6) is 0 Å². The lowest BCUT2D eigenvalue weighted by molar-refractivity contribution is 0.0693. The first-order valence-electron chi connectivity index (χ1n) is 7.82. The van der Waals surface area contributed by atoms with Crippen LogP contribution < -0.4 is 0 Å². The third-order valence-corrected chi connectivity index (χ3v) is 4.33. The summed E-state index contributed by atoms with van der Waals surface area (Å²) < 4.78 is 0. The summed E-state index contributed by atoms with van der Waals surface area (Å²) in [6.07, 6.45) is 1.77. The Kier molecular flexibility index (Phi) is 4.15. The monoisotopic (exact) mass is 309 g/mol. The Morgan fingerprint density at radius 2 is 1.83 bits per heavy atom. The molecular formula is C19H19NO3. The number of amides is 1. The van der Waals surface area contributed by atoms with E-state index in [-0.39, 0.29) is 11.5 Å². The van der Waals surface area contributed by atoms with Gasteiger partial charge in [0.05, 0.1) is 5.56 Å². The first-order chi connectivity index (χ1) is 11.1. The van der Waals surface area contributed by atoms with Crippen molar-refractivity contribution in [2.75, 3.05) is 6.54 Å². The summed E-state index contributed by atoms with van der Waals surface area (Å²) in [6, 6.07) is 12.8. The fourth-order valence-electron chi connectivity index (χ4n) is 2.91. The van der Waals surface area contributed by atoms with Gasteiger partial charge in [-0.15, -0.1) is 0 Å². The smallest absolute Gasteiger partial charge is 0.335 e. The molecule has 1 aliphatic heterocycles. The highest BCUT2D eigenvalue weighted by molar-refractivity contribution is 5.97. The number of carboxylic acid groups (broad SMARTS) is 1. The fraction of sp³-hybridized carbons (Fsp3) is 0.263. The normalized spacial score (nSPS) is 13.8. The maximum absolute atomic E-state index is 12.7. The molecule has 1 aliphatic rings. The first-order valence-corrected chi connectivity index (χ1v) is 7.82. The molecule has 23 heavy (non-hydrogen) atoms. The van der Waals surface area contributed by atoms with Gasteiger partial charge in [-0.25, -0.2) is 4.79 Å². The van der Waals surface area contributed by atoms with Gasteiger partial charge in [0, 0.05) is 18.7 Å². The Balaban J connectivity index is 1.79. The highest BCUT2D eigenvalue weighted by Gasteiger charge is 2.24. The van der Waals surface area contributed by atoms with Crippen molar-refractivity contribution < 1.29 is 14.7 Å². The number of nitrogens with zero attached hydrogens (tertiary/aromatic N) is 1. The van der Waals surface area contributed by atoms with E-state index in [2.05, 4.69) is 19.1 Å². The zero-order valence-corrected chi connectivity index (χ0v) is 13.1. The van der Waals surface area contributed by atoms with Gasteiger partial charge in [0.25, 0.3) is 5.91 Å². The molecule has 0 aliphatic carbocycles. The fourth-order valence-corrected chi connectivity index (χ4v) is 2.91. The SMILES string of the molecule is CCc1ccc2c(c1)C(=O)N(Cc1ccc(C(=O)O)cc1)CC2. The van der Waals surface area contributed by atoms with Crippen LogP contribution in [0, 0.1) is 0 Å². The van der Waals surface area contributed by atoms with Gasteiger partial charge in [0.2, 0.25) is 0 Å². The Labute approximate surface area is 135 Å². The minimum atomic E-state index is -0.938. The average Bonchev–Trinajstić information content (AvgIpc) is 2.57. The van der Waals surface area contributed by atoms with Gasteiger partial charge in [-0.3, -0.25) is 4.79 Å². The van der Waals surface area contributed by atoms with E-state index in [9.17, 15) is 9.59 Å². The molecule has 0 aromatic heterocycles. The molecule has 3 rings (SSSR count). The largest absolute Gasteiger partial charge is 0.478 e. The van der Waals surface area contributed by atoms with Crippen LogP contribution in [0.2, 0.25) is 0 Å². The van der Waals surface area contributed by atoms with Crippen molar-refractivity contribution in [3.63, 3.8) is 0 Å². The molecule has 2 aromatic rings. The summed E-state index contributed by atoms with van der Waals surface area (Å²) in [7, 11) is 0. The Morgan fingerprint density at radius 3 is 2.48 bits per heavy atom. The molecule has 1 amide bonds. The molecule has 2 aromatic carbocycles. The van der Waals surface area contributed by atoms with E-state index in [1.807, 2.05) is 11.0 Å². The number of aromatic carboxylic acids is 1. The summed E-state index contributed by atoms with van der Waals surface area (Å²) in [4.78, 5) is 25.4. The molecule has 0 bridgehead atoms. The zero-order chi connectivity index (χ0) is 16.4. The predicted molar refractivity (Wildman–Crippen MR) is 87.7 cm³/mol. The van der Waals surface area contributed by atoms with Gasteiger partial charge >= 0.3 is 5.97 Å². The second kappa shape index (κ2) is 6.24. The van der Waals surface area contributed by atoms with E-state index in [0.29, 0.717) is 13.1 Å². The van der Waals surface area contributed by atoms with Gasteiger partial charge in [-0.05, 0) is 47.7 Å². The lowest BCUT2D eigenvalue weighted by Gasteiger charge is -2.29. The van der Waals surface area contributed by atoms with Crippen LogP contribution >= 0.6 is 0 Å². The summed E-state index contributed by atoms with van der Waals surface area (Å²) in [5.74, 6) is -0.879. The number of fused-ring (bicyclic) bond motifs is 1. The second-order valence-corrected chi connectivity index (χ2v) is 5.82. The third-order valence-electron chi connectivity index (χ3n) is 4.33. The minimum Gasteiger partial charge on any atom is -0.478 e. The second-order valence-electron chi connectivity index (χ2n) is 5.82. The summed E-state index contributed by atoms with van der Waals surface area (Å²) in [6.45, 7) is 3.28. The van der Waals surface area contributed by atoms with Crippen molar-refractivity contribution in [3.8, 4) is 0 Å². The summed E-state index contributed by atoms with van der Waals surface area (Å²) >= 11 is 0. The molecule has 0 radical (unpaired) electrons. The molecule has 1 heterocycles. The average molecular weight is 309 g/mol. The van der Waals surface area contributed by atoms with Gasteiger partial charge in [-0.1, -0.05) is 31.2 Å². The Bertz CT molecular complexity index is 750. The molecule has 1 N–H and O–H groups in total. The van der Waals surface area contributed by atoms with Crippen LogP contribution in [-0.4, -0.2) is 28.4 Å². The topological polar surface area (TPSA) is 57.6 Å². The number of rotatable bonds is 4. The molecule has 0 spiro atoms. The predicted octanol–water partition coefficient (Wildman–Crippen LogP) is 3.15. The lowest BCUT2D eigenvalue weighted by Crippen LogP contribution is -2.37. The van der Waals surface area contributed by atoms with Crippen LogP contribution in [0.1, 0.15) is 44.3 Å². The van der Waals surface area contributed by atoms with E-state index in [1.165, 1.54) is 5.56 Å². The standard InChI is InChI=1S/C19H19NO3/c1-2-13-3-6-15-9-10-20(18(21)17(15)11-13)12-14-4-7-16(8-5-14)19(22)23/h3-8,11H,2,9-10,12H2,1H3,(H,22,23). The minimum absolute atomic E-state index is 0.0591. The van der Waals surface area contributed by atoms with Crippen molar-refractivity contribution >= 4 is 11.9 Å². The van der Waals surface area contributed by atoms with E-state index in [1.54, 1.807) is 24.3 Å². The molecule has 0 fully saturated rings. The molecule has 0 unspecified atom stereocenters. The zero-order valence-electron chi connectivity index (χ0n) is 13.1. The van der Waals surface area contributed by atoms with Gasteiger partial charge in [0.1, 0.15) is 0 Å². The number of benzene rings is 2. The van der Waals surface area contributed by atoms with Gasteiger partial charge in [0.15, 0.2) is 0 Å². The van der Waals surface area contributed by atoms with Crippen molar-refractivity contribution in [1.29, 1.82) is 0 Å². The number of carboxylic acids is 1. The van der Waals surface area contributed by atoms with E-state index < -0.39 is 5.97 Å². The van der Waals surface area contributed by atoms with Crippen LogP contribution in [0.4, 0.5) is 0 Å². The number of hydrogen-bond donors (Lipinski definition) is 1. The molecule has 0 atom stereocenters. The quantitative estimate of drug-likeness (QED) is 0.944. The molecule has 0 saturated heterocycles. The molecule has 4 nitrogen and oxygen atoms in total. The van der Waals surface area contributed by atoms with Crippen molar-refractivity contribution in [1.82, 2.24) is 4.90 Å². The van der Waals surface area contributed by atoms with Crippen LogP contribution in [0.15, 0.2) is 42.5 Å². The van der Waals surface area contributed by atoms with Crippen LogP contribution in [0.3, 0.4) is 0 Å². The number of hydrogen-bond acceptors (Lipinski definition) is 2. The van der Waals surface area contributed by atoms with Crippen LogP contribution in [-0.2, 0) is 19.4 Å². The Hall–Kier alpha value is -2.62. The number of aryl methyl sites for hydroxylation is 1. The highest BCUT2D eigenvalue weighted by atomic mass is 16.4. The maximum atomic E-state index is 12.7. The molecule has 4 heteroatoms. The molecule has 118 valence electrons. The molecular weight excluding hydrogens is 290 g/mol. The van der Waals surface area contributed by atoms with E-state index in [0.717, 1.165) is 29.5 Å². The first kappa shape index (κ1) is 15.3. The molecule has 0 saturated carbocycles. The van der Waals surface area contributed by atoms with Gasteiger partial charge in [-0.2, -0.15) is 0 Å². The highest BCUT2D eigenvalue weighted by Crippen LogP contribution is 2.22. The van der Waals surface area contributed by atoms with Crippen molar-refractivity contribution in [2.24, 2.45) is 0 Å². The summed E-state index contributed by atoms with van der Waals surface area (Å²) in [5, 5.41) is 8.93. The number of carbonyl (C=O) groups is 2.